The van der Waals surface area contributed by atoms with E-state index in [1.165, 1.54) is 5.41 Å². The molecule has 3 aromatic rings. The van der Waals surface area contributed by atoms with Gasteiger partial charge in [-0.25, -0.2) is 0 Å². The second-order valence-electron chi connectivity index (χ2n) is 5.23. The molecule has 1 heterocycles. The number of hydrogen-bond acceptors (Lipinski definition) is 3. The van der Waals surface area contributed by atoms with E-state index in [1.54, 1.807) is 24.5 Å². The van der Waals surface area contributed by atoms with Gasteiger partial charge in [-0.15, -0.1) is 0 Å². The fourth-order valence-electron chi connectivity index (χ4n) is 2.46. The Morgan fingerprint density at radius 2 is 1.74 bits per heavy atom. The molecule has 3 rings (SSSR count). The highest BCUT2D eigenvalue weighted by Gasteiger charge is 2.13. The van der Waals surface area contributed by atoms with Crippen molar-refractivity contribution in [3.8, 4) is 0 Å². The Morgan fingerprint density at radius 3 is 2.48 bits per heavy atom. The predicted octanol–water partition coefficient (Wildman–Crippen LogP) is 3.73. The summed E-state index contributed by atoms with van der Waals surface area (Å²) in [4.78, 5) is 12.8. The average Bonchev–Trinajstić information content (AvgIpc) is 2.57. The van der Waals surface area contributed by atoms with Crippen LogP contribution >= 0.6 is 0 Å². The molecule has 1 unspecified atom stereocenters. The monoisotopic (exact) mass is 324 g/mol. The van der Waals surface area contributed by atoms with Gasteiger partial charge in [-0.1, -0.05) is 42.5 Å². The largest absolute Gasteiger partial charge is 0.456 e. The zero-order valence-electron chi connectivity index (χ0n) is 12.7. The normalized spacial score (nSPS) is 12.7. The van der Waals surface area contributed by atoms with Crippen LogP contribution in [0.2, 0.25) is 0 Å². The van der Waals surface area contributed by atoms with Gasteiger partial charge in [0.05, 0.1) is 5.39 Å². The maximum absolute atomic E-state index is 12.8. The van der Waals surface area contributed by atoms with Gasteiger partial charge < -0.3 is 4.42 Å². The first-order valence-electron chi connectivity index (χ1n) is 7.24. The molecule has 0 saturated carbocycles. The topological polar surface area (TPSA) is 47.3 Å². The van der Waals surface area contributed by atoms with Gasteiger partial charge in [-0.3, -0.25) is 9.00 Å². The zero-order chi connectivity index (χ0) is 16.2. The molecule has 0 amide bonds. The Bertz CT molecular complexity index is 940. The molecular formula is C19H16O3S. The molecule has 0 bridgehead atoms. The van der Waals surface area contributed by atoms with Crippen LogP contribution in [0.5, 0.6) is 0 Å². The lowest BCUT2D eigenvalue weighted by Gasteiger charge is -2.07. The van der Waals surface area contributed by atoms with Crippen molar-refractivity contribution in [2.75, 3.05) is 6.26 Å². The highest BCUT2D eigenvalue weighted by molar-refractivity contribution is 7.87. The Hall–Kier alpha value is -2.46. The van der Waals surface area contributed by atoms with Crippen molar-refractivity contribution in [3.05, 3.63) is 87.1 Å². The van der Waals surface area contributed by atoms with Crippen molar-refractivity contribution in [2.24, 2.45) is 0 Å². The SMILES string of the molecule is CS(=O)/C=C/c1oc2ccccc2c(=O)c1Cc1ccccc1. The number of rotatable bonds is 4. The standard InChI is InChI=1S/C19H16O3S/c1-23(21)12-11-18-16(13-14-7-3-2-4-8-14)19(20)15-9-5-6-10-17(15)22-18/h2-12H,13H2,1H3/b12-11+. The summed E-state index contributed by atoms with van der Waals surface area (Å²) >= 11 is 0. The van der Waals surface area contributed by atoms with Gasteiger partial charge >= 0.3 is 0 Å². The molecule has 116 valence electrons. The maximum atomic E-state index is 12.8. The minimum Gasteiger partial charge on any atom is -0.456 e. The van der Waals surface area contributed by atoms with E-state index in [0.29, 0.717) is 28.7 Å². The van der Waals surface area contributed by atoms with Crippen LogP contribution in [0.1, 0.15) is 16.9 Å². The third kappa shape index (κ3) is 3.48. The summed E-state index contributed by atoms with van der Waals surface area (Å²) < 4.78 is 17.2. The molecule has 0 fully saturated rings. The van der Waals surface area contributed by atoms with E-state index in [-0.39, 0.29) is 5.43 Å². The van der Waals surface area contributed by atoms with Crippen molar-refractivity contribution in [2.45, 2.75) is 6.42 Å². The molecule has 1 atom stereocenters. The van der Waals surface area contributed by atoms with Crippen LogP contribution < -0.4 is 5.43 Å². The second-order valence-corrected chi connectivity index (χ2v) is 6.50. The molecule has 0 aliphatic rings. The Morgan fingerprint density at radius 1 is 1.04 bits per heavy atom. The fraction of sp³-hybridized carbons (Fsp3) is 0.105. The molecule has 3 nitrogen and oxygen atoms in total. The Kier molecular flexibility index (Phi) is 4.53. The predicted molar refractivity (Wildman–Crippen MR) is 94.8 cm³/mol. The summed E-state index contributed by atoms with van der Waals surface area (Å²) in [5.74, 6) is 0.466. The van der Waals surface area contributed by atoms with Crippen molar-refractivity contribution >= 4 is 27.8 Å². The summed E-state index contributed by atoms with van der Waals surface area (Å²) in [6.45, 7) is 0. The molecule has 0 spiro atoms. The number of para-hydroxylation sites is 1. The lowest BCUT2D eigenvalue weighted by molar-refractivity contribution is 0.582. The molecule has 0 N–H and O–H groups in total. The van der Waals surface area contributed by atoms with E-state index >= 15 is 0 Å². The molecule has 4 heteroatoms. The van der Waals surface area contributed by atoms with E-state index in [0.717, 1.165) is 5.56 Å². The number of hydrogen-bond donors (Lipinski definition) is 0. The lowest BCUT2D eigenvalue weighted by Crippen LogP contribution is -2.12. The van der Waals surface area contributed by atoms with Crippen LogP contribution in [0.3, 0.4) is 0 Å². The maximum Gasteiger partial charge on any atom is 0.196 e. The molecule has 23 heavy (non-hydrogen) atoms. The van der Waals surface area contributed by atoms with Gasteiger partial charge in [-0.2, -0.15) is 0 Å². The van der Waals surface area contributed by atoms with Gasteiger partial charge in [0, 0.05) is 34.4 Å². The molecule has 0 saturated heterocycles. The van der Waals surface area contributed by atoms with Crippen LogP contribution in [0, 0.1) is 0 Å². The van der Waals surface area contributed by atoms with Crippen molar-refractivity contribution in [1.29, 1.82) is 0 Å². The average molecular weight is 324 g/mol. The third-order valence-corrected chi connectivity index (χ3v) is 4.08. The number of benzene rings is 2. The summed E-state index contributed by atoms with van der Waals surface area (Å²) in [6.07, 6.45) is 3.68. The minimum atomic E-state index is -1.10. The Balaban J connectivity index is 2.19. The fourth-order valence-corrected chi connectivity index (χ4v) is 2.77. The Labute approximate surface area is 136 Å². The first-order valence-corrected chi connectivity index (χ1v) is 8.86. The van der Waals surface area contributed by atoms with Crippen LogP contribution in [-0.2, 0) is 17.2 Å². The molecule has 0 aliphatic heterocycles. The van der Waals surface area contributed by atoms with Crippen LogP contribution in [0.25, 0.3) is 17.0 Å². The van der Waals surface area contributed by atoms with Crippen molar-refractivity contribution < 1.29 is 8.63 Å². The van der Waals surface area contributed by atoms with Crippen molar-refractivity contribution in [1.82, 2.24) is 0 Å². The summed E-state index contributed by atoms with van der Waals surface area (Å²) in [5, 5.41) is 2.09. The van der Waals surface area contributed by atoms with Crippen LogP contribution in [0.15, 0.2) is 69.2 Å². The summed E-state index contributed by atoms with van der Waals surface area (Å²) in [6, 6.07) is 16.9. The van der Waals surface area contributed by atoms with E-state index in [1.807, 2.05) is 42.5 Å². The first-order chi connectivity index (χ1) is 11.1. The van der Waals surface area contributed by atoms with Gasteiger partial charge in [0.15, 0.2) is 5.43 Å². The number of fused-ring (bicyclic) bond motifs is 1. The highest BCUT2D eigenvalue weighted by atomic mass is 32.2. The van der Waals surface area contributed by atoms with E-state index in [4.69, 9.17) is 4.42 Å². The van der Waals surface area contributed by atoms with Crippen LogP contribution in [-0.4, -0.2) is 10.5 Å². The lowest BCUT2D eigenvalue weighted by atomic mass is 10.0. The van der Waals surface area contributed by atoms with Crippen LogP contribution in [0.4, 0.5) is 0 Å². The van der Waals surface area contributed by atoms with Gasteiger partial charge in [0.25, 0.3) is 0 Å². The van der Waals surface area contributed by atoms with Gasteiger partial charge in [0.2, 0.25) is 0 Å². The van der Waals surface area contributed by atoms with Crippen molar-refractivity contribution in [3.63, 3.8) is 0 Å². The summed E-state index contributed by atoms with van der Waals surface area (Å²) in [7, 11) is -1.10. The zero-order valence-corrected chi connectivity index (χ0v) is 13.5. The van der Waals surface area contributed by atoms with E-state index in [2.05, 4.69) is 0 Å². The minimum absolute atomic E-state index is 0.0442. The highest BCUT2D eigenvalue weighted by Crippen LogP contribution is 2.19. The summed E-state index contributed by atoms with van der Waals surface area (Å²) in [5.41, 5.74) is 2.10. The smallest absolute Gasteiger partial charge is 0.196 e. The van der Waals surface area contributed by atoms with E-state index in [9.17, 15) is 9.00 Å². The van der Waals surface area contributed by atoms with Gasteiger partial charge in [0.1, 0.15) is 11.3 Å². The molecule has 1 aromatic heterocycles. The van der Waals surface area contributed by atoms with Gasteiger partial charge in [-0.05, 0) is 23.8 Å². The molecule has 0 radical (unpaired) electrons. The molecule has 0 aliphatic carbocycles. The third-order valence-electron chi connectivity index (χ3n) is 3.56. The van der Waals surface area contributed by atoms with E-state index < -0.39 is 10.8 Å². The molecule has 2 aromatic carbocycles. The second kappa shape index (κ2) is 6.75. The molecular weight excluding hydrogens is 308 g/mol. The quantitative estimate of drug-likeness (QED) is 0.734. The first kappa shape index (κ1) is 15.4.